The smallest absolute Gasteiger partial charge is 0.141 e. The zero-order valence-electron chi connectivity index (χ0n) is 10.3. The molecule has 1 atom stereocenters. The van der Waals surface area contributed by atoms with Crippen molar-refractivity contribution >= 4 is 15.9 Å². The molecule has 0 aliphatic carbocycles. The molecular weight excluding hydrogens is 314 g/mol. The van der Waals surface area contributed by atoms with Crippen molar-refractivity contribution in [2.75, 3.05) is 0 Å². The number of benzene rings is 1. The fourth-order valence-corrected chi connectivity index (χ4v) is 2.04. The minimum atomic E-state index is -0.374. The van der Waals surface area contributed by atoms with E-state index in [1.54, 1.807) is 18.3 Å². The van der Waals surface area contributed by atoms with E-state index < -0.39 is 0 Å². The number of hydrogen-bond donors (Lipinski definition) is 1. The fraction of sp³-hybridized carbons (Fsp3) is 0.214. The van der Waals surface area contributed by atoms with Crippen LogP contribution in [-0.2, 0) is 6.54 Å². The first-order chi connectivity index (χ1) is 9.06. The van der Waals surface area contributed by atoms with Gasteiger partial charge in [-0.3, -0.25) is 4.98 Å². The van der Waals surface area contributed by atoms with Gasteiger partial charge in [0.1, 0.15) is 11.6 Å². The van der Waals surface area contributed by atoms with E-state index >= 15 is 0 Å². The molecule has 1 heterocycles. The highest BCUT2D eigenvalue weighted by Gasteiger charge is 2.08. The molecular formula is C14H13BrF2N2. The second-order valence-electron chi connectivity index (χ2n) is 4.27. The van der Waals surface area contributed by atoms with E-state index in [4.69, 9.17) is 0 Å². The van der Waals surface area contributed by atoms with E-state index in [0.29, 0.717) is 16.6 Å². The average Bonchev–Trinajstić information content (AvgIpc) is 2.37. The summed E-state index contributed by atoms with van der Waals surface area (Å²) in [6.07, 6.45) is 2.75. The van der Waals surface area contributed by atoms with Gasteiger partial charge in [0.25, 0.3) is 0 Å². The van der Waals surface area contributed by atoms with Crippen LogP contribution in [-0.4, -0.2) is 4.98 Å². The van der Waals surface area contributed by atoms with Gasteiger partial charge in [0.15, 0.2) is 0 Å². The first kappa shape index (κ1) is 14.1. The van der Waals surface area contributed by atoms with Crippen molar-refractivity contribution in [2.45, 2.75) is 19.5 Å². The fourth-order valence-electron chi connectivity index (χ4n) is 1.71. The highest BCUT2D eigenvalue weighted by Crippen LogP contribution is 2.17. The van der Waals surface area contributed by atoms with Crippen LogP contribution in [0.5, 0.6) is 0 Å². The minimum absolute atomic E-state index is 0.105. The molecule has 19 heavy (non-hydrogen) atoms. The summed E-state index contributed by atoms with van der Waals surface area (Å²) in [5, 5.41) is 3.14. The van der Waals surface area contributed by atoms with Crippen molar-refractivity contribution in [3.8, 4) is 0 Å². The summed E-state index contributed by atoms with van der Waals surface area (Å²) in [4.78, 5) is 3.79. The third kappa shape index (κ3) is 3.81. The molecule has 0 radical (unpaired) electrons. The van der Waals surface area contributed by atoms with E-state index in [-0.39, 0.29) is 17.7 Å². The van der Waals surface area contributed by atoms with Gasteiger partial charge in [0.2, 0.25) is 0 Å². The van der Waals surface area contributed by atoms with Crippen LogP contribution in [0.3, 0.4) is 0 Å². The van der Waals surface area contributed by atoms with Crippen LogP contribution in [0.4, 0.5) is 8.78 Å². The quantitative estimate of drug-likeness (QED) is 0.919. The molecule has 0 spiro atoms. The van der Waals surface area contributed by atoms with Crippen LogP contribution >= 0.6 is 15.9 Å². The van der Waals surface area contributed by atoms with E-state index in [1.165, 1.54) is 12.1 Å². The predicted molar refractivity (Wildman–Crippen MR) is 73.5 cm³/mol. The Morgan fingerprint density at radius 1 is 1.26 bits per heavy atom. The van der Waals surface area contributed by atoms with Crippen molar-refractivity contribution < 1.29 is 8.78 Å². The molecule has 100 valence electrons. The van der Waals surface area contributed by atoms with Gasteiger partial charge in [-0.15, -0.1) is 0 Å². The summed E-state index contributed by atoms with van der Waals surface area (Å²) in [5.41, 5.74) is 1.30. The molecule has 2 nitrogen and oxygen atoms in total. The maximum atomic E-state index is 13.6. The van der Waals surface area contributed by atoms with Gasteiger partial charge in [0, 0.05) is 28.8 Å². The Bertz CT molecular complexity index is 575. The third-order valence-electron chi connectivity index (χ3n) is 2.84. The molecule has 0 bridgehead atoms. The zero-order valence-corrected chi connectivity index (χ0v) is 11.9. The Hall–Kier alpha value is -1.33. The van der Waals surface area contributed by atoms with Gasteiger partial charge >= 0.3 is 0 Å². The standard InChI is InChI=1S/C14H13BrF2N2/c1-9(11-4-13(16)8-18-6-11)19-7-10-2-3-12(15)5-14(10)17/h2-6,8-9,19H,7H2,1H3/t9-/m0/s1. The number of nitrogens with one attached hydrogen (secondary N) is 1. The maximum absolute atomic E-state index is 13.6. The first-order valence-electron chi connectivity index (χ1n) is 5.84. The molecule has 0 aliphatic rings. The number of pyridine rings is 1. The lowest BCUT2D eigenvalue weighted by Crippen LogP contribution is -2.19. The molecule has 2 aromatic rings. The normalized spacial score (nSPS) is 12.4. The summed E-state index contributed by atoms with van der Waals surface area (Å²) in [7, 11) is 0. The molecule has 0 fully saturated rings. The highest BCUT2D eigenvalue weighted by atomic mass is 79.9. The summed E-state index contributed by atoms with van der Waals surface area (Å²) in [6.45, 7) is 2.25. The van der Waals surface area contributed by atoms with Crippen LogP contribution < -0.4 is 5.32 Å². The van der Waals surface area contributed by atoms with Gasteiger partial charge in [-0.25, -0.2) is 8.78 Å². The van der Waals surface area contributed by atoms with E-state index in [9.17, 15) is 8.78 Å². The van der Waals surface area contributed by atoms with E-state index in [2.05, 4.69) is 26.2 Å². The van der Waals surface area contributed by atoms with Gasteiger partial charge in [-0.1, -0.05) is 22.0 Å². The van der Waals surface area contributed by atoms with E-state index in [0.717, 1.165) is 11.8 Å². The van der Waals surface area contributed by atoms with Crippen molar-refractivity contribution in [3.63, 3.8) is 0 Å². The molecule has 0 unspecified atom stereocenters. The number of halogens is 3. The highest BCUT2D eigenvalue weighted by molar-refractivity contribution is 9.10. The van der Waals surface area contributed by atoms with Crippen LogP contribution in [0.25, 0.3) is 0 Å². The second-order valence-corrected chi connectivity index (χ2v) is 5.19. The summed E-state index contributed by atoms with van der Waals surface area (Å²) in [5.74, 6) is -0.646. The minimum Gasteiger partial charge on any atom is -0.306 e. The summed E-state index contributed by atoms with van der Waals surface area (Å²) >= 11 is 3.21. The Labute approximate surface area is 119 Å². The van der Waals surface area contributed by atoms with Gasteiger partial charge in [-0.05, 0) is 30.7 Å². The van der Waals surface area contributed by atoms with Crippen molar-refractivity contribution in [2.24, 2.45) is 0 Å². The second kappa shape index (κ2) is 6.21. The maximum Gasteiger partial charge on any atom is 0.141 e. The van der Waals surface area contributed by atoms with Crippen molar-refractivity contribution in [1.82, 2.24) is 10.3 Å². The van der Waals surface area contributed by atoms with Crippen molar-refractivity contribution in [3.05, 3.63) is 63.9 Å². The number of nitrogens with zero attached hydrogens (tertiary/aromatic N) is 1. The summed E-state index contributed by atoms with van der Waals surface area (Å²) in [6, 6.07) is 6.23. The Morgan fingerprint density at radius 2 is 2.05 bits per heavy atom. The predicted octanol–water partition coefficient (Wildman–Crippen LogP) is 3.97. The lowest BCUT2D eigenvalue weighted by Gasteiger charge is -2.14. The lowest BCUT2D eigenvalue weighted by molar-refractivity contribution is 0.537. The van der Waals surface area contributed by atoms with Crippen LogP contribution in [0.1, 0.15) is 24.1 Å². The zero-order chi connectivity index (χ0) is 13.8. The monoisotopic (exact) mass is 326 g/mol. The topological polar surface area (TPSA) is 24.9 Å². The number of rotatable bonds is 4. The third-order valence-corrected chi connectivity index (χ3v) is 3.33. The number of hydrogen-bond acceptors (Lipinski definition) is 2. The molecule has 0 saturated heterocycles. The Balaban J connectivity index is 2.02. The van der Waals surface area contributed by atoms with Crippen molar-refractivity contribution in [1.29, 1.82) is 0 Å². The molecule has 2 rings (SSSR count). The van der Waals surface area contributed by atoms with Gasteiger partial charge in [0.05, 0.1) is 6.20 Å². The Morgan fingerprint density at radius 3 is 2.74 bits per heavy atom. The lowest BCUT2D eigenvalue weighted by atomic mass is 10.1. The SMILES string of the molecule is C[C@H](NCc1ccc(Br)cc1F)c1cncc(F)c1. The Kier molecular flexibility index (Phi) is 4.61. The average molecular weight is 327 g/mol. The van der Waals surface area contributed by atoms with Gasteiger partial charge < -0.3 is 5.32 Å². The van der Waals surface area contributed by atoms with Crippen LogP contribution in [0.15, 0.2) is 41.1 Å². The van der Waals surface area contributed by atoms with E-state index in [1.807, 2.05) is 6.92 Å². The summed E-state index contributed by atoms with van der Waals surface area (Å²) < 4.78 is 27.4. The molecule has 1 aromatic heterocycles. The molecule has 0 amide bonds. The largest absolute Gasteiger partial charge is 0.306 e. The molecule has 5 heteroatoms. The van der Waals surface area contributed by atoms with Crippen LogP contribution in [0.2, 0.25) is 0 Å². The molecule has 1 aromatic carbocycles. The van der Waals surface area contributed by atoms with Crippen LogP contribution in [0, 0.1) is 11.6 Å². The molecule has 1 N–H and O–H groups in total. The first-order valence-corrected chi connectivity index (χ1v) is 6.63. The molecule has 0 saturated carbocycles. The molecule has 0 aliphatic heterocycles. The number of aromatic nitrogens is 1. The van der Waals surface area contributed by atoms with Gasteiger partial charge in [-0.2, -0.15) is 0 Å².